The van der Waals surface area contributed by atoms with E-state index in [9.17, 15) is 9.90 Å². The molecule has 27 heavy (non-hydrogen) atoms. The predicted molar refractivity (Wildman–Crippen MR) is 109 cm³/mol. The maximum absolute atomic E-state index is 12.1. The summed E-state index contributed by atoms with van der Waals surface area (Å²) in [4.78, 5) is 12.1. The van der Waals surface area contributed by atoms with Crippen molar-refractivity contribution in [2.75, 3.05) is 10.6 Å². The van der Waals surface area contributed by atoms with E-state index in [0.29, 0.717) is 24.2 Å². The minimum Gasteiger partial charge on any atom is -0.508 e. The number of nitrogens with one attached hydrogen (secondary N) is 2. The Morgan fingerprint density at radius 2 is 2.00 bits per heavy atom. The lowest BCUT2D eigenvalue weighted by Gasteiger charge is -2.37. The lowest BCUT2D eigenvalue weighted by molar-refractivity contribution is -0.116. The summed E-state index contributed by atoms with van der Waals surface area (Å²) in [5.41, 5.74) is 4.41. The van der Waals surface area contributed by atoms with E-state index < -0.39 is 0 Å². The first-order valence-corrected chi connectivity index (χ1v) is 9.67. The van der Waals surface area contributed by atoms with Crippen LogP contribution < -0.4 is 10.6 Å². The molecule has 4 rings (SSSR count). The van der Waals surface area contributed by atoms with E-state index in [0.717, 1.165) is 17.8 Å². The van der Waals surface area contributed by atoms with E-state index in [4.69, 9.17) is 0 Å². The van der Waals surface area contributed by atoms with Gasteiger partial charge >= 0.3 is 0 Å². The molecule has 2 aromatic carbocycles. The number of hydrogen-bond donors (Lipinski definition) is 3. The molecule has 0 saturated carbocycles. The maximum atomic E-state index is 12.1. The van der Waals surface area contributed by atoms with Crippen molar-refractivity contribution in [3.63, 3.8) is 0 Å². The third-order valence-corrected chi connectivity index (χ3v) is 5.49. The van der Waals surface area contributed by atoms with Crippen molar-refractivity contribution in [2.24, 2.45) is 11.8 Å². The first-order chi connectivity index (χ1) is 13.0. The number of anilines is 2. The lowest BCUT2D eigenvalue weighted by Crippen LogP contribution is -2.29. The van der Waals surface area contributed by atoms with Gasteiger partial charge in [-0.1, -0.05) is 38.1 Å². The summed E-state index contributed by atoms with van der Waals surface area (Å²) in [5.74, 6) is 1.47. The highest BCUT2D eigenvalue weighted by Crippen LogP contribution is 2.50. The maximum Gasteiger partial charge on any atom is 0.224 e. The zero-order valence-corrected chi connectivity index (χ0v) is 15.8. The minimum absolute atomic E-state index is 0.0641. The first-order valence-electron chi connectivity index (χ1n) is 9.67. The normalized spacial score (nSPS) is 22.9. The molecule has 0 bridgehead atoms. The second-order valence-corrected chi connectivity index (χ2v) is 8.02. The second-order valence-electron chi connectivity index (χ2n) is 8.02. The van der Waals surface area contributed by atoms with Gasteiger partial charge in [-0.25, -0.2) is 0 Å². The van der Waals surface area contributed by atoms with Crippen LogP contribution in [0.1, 0.15) is 49.8 Å². The zero-order valence-electron chi connectivity index (χ0n) is 15.8. The molecule has 0 radical (unpaired) electrons. The number of phenols is 1. The summed E-state index contributed by atoms with van der Waals surface area (Å²) in [6.07, 6.45) is 6.10. The molecule has 0 spiro atoms. The third-order valence-electron chi connectivity index (χ3n) is 5.49. The molecule has 3 unspecified atom stereocenters. The minimum atomic E-state index is 0.0641. The van der Waals surface area contributed by atoms with Crippen molar-refractivity contribution in [3.8, 4) is 5.75 Å². The van der Waals surface area contributed by atoms with Crippen molar-refractivity contribution < 1.29 is 9.90 Å². The number of aromatic hydroxyl groups is 1. The van der Waals surface area contributed by atoms with Crippen LogP contribution in [0.4, 0.5) is 11.4 Å². The zero-order chi connectivity index (χ0) is 19.0. The quantitative estimate of drug-likeness (QED) is 0.655. The van der Waals surface area contributed by atoms with Gasteiger partial charge in [0, 0.05) is 23.7 Å². The molecule has 1 heterocycles. The first kappa shape index (κ1) is 17.7. The molecule has 4 heteroatoms. The van der Waals surface area contributed by atoms with Crippen molar-refractivity contribution in [3.05, 3.63) is 65.7 Å². The lowest BCUT2D eigenvalue weighted by atomic mass is 9.77. The van der Waals surface area contributed by atoms with Gasteiger partial charge < -0.3 is 15.7 Å². The van der Waals surface area contributed by atoms with Crippen LogP contribution in [0, 0.1) is 11.8 Å². The van der Waals surface area contributed by atoms with Crippen LogP contribution in [0.15, 0.2) is 54.6 Å². The van der Waals surface area contributed by atoms with Gasteiger partial charge in [0.2, 0.25) is 5.91 Å². The van der Waals surface area contributed by atoms with Gasteiger partial charge in [-0.2, -0.15) is 0 Å². The van der Waals surface area contributed by atoms with Gasteiger partial charge in [-0.05, 0) is 59.7 Å². The van der Waals surface area contributed by atoms with Crippen LogP contribution in [-0.2, 0) is 4.79 Å². The van der Waals surface area contributed by atoms with Crippen molar-refractivity contribution in [1.29, 1.82) is 0 Å². The van der Waals surface area contributed by atoms with E-state index in [1.807, 2.05) is 32.0 Å². The molecule has 3 N–H and O–H groups in total. The number of carbonyl (C=O) groups is 1. The van der Waals surface area contributed by atoms with Crippen molar-refractivity contribution in [2.45, 2.75) is 38.6 Å². The number of benzene rings is 2. The molecule has 1 aliphatic carbocycles. The van der Waals surface area contributed by atoms with E-state index in [1.54, 1.807) is 12.1 Å². The number of allylic oxidation sites excluding steroid dienone is 2. The van der Waals surface area contributed by atoms with Crippen LogP contribution in [-0.4, -0.2) is 11.0 Å². The fourth-order valence-corrected chi connectivity index (χ4v) is 4.27. The highest BCUT2D eigenvalue weighted by atomic mass is 16.3. The number of phenolic OH excluding ortho intramolecular Hbond substituents is 1. The summed E-state index contributed by atoms with van der Waals surface area (Å²) in [6.45, 7) is 4.10. The van der Waals surface area contributed by atoms with Crippen molar-refractivity contribution in [1.82, 2.24) is 0 Å². The van der Waals surface area contributed by atoms with Gasteiger partial charge in [-0.15, -0.1) is 0 Å². The molecular formula is C23H26N2O2. The average molecular weight is 362 g/mol. The van der Waals surface area contributed by atoms with E-state index >= 15 is 0 Å². The van der Waals surface area contributed by atoms with Gasteiger partial charge in [0.1, 0.15) is 5.75 Å². The summed E-state index contributed by atoms with van der Waals surface area (Å²) < 4.78 is 0. The van der Waals surface area contributed by atoms with Gasteiger partial charge in [0.25, 0.3) is 0 Å². The highest BCUT2D eigenvalue weighted by molar-refractivity contribution is 5.91. The van der Waals surface area contributed by atoms with E-state index in [-0.39, 0.29) is 17.7 Å². The second kappa shape index (κ2) is 7.10. The Morgan fingerprint density at radius 3 is 2.74 bits per heavy atom. The number of rotatable bonds is 4. The van der Waals surface area contributed by atoms with E-state index in [2.05, 4.69) is 34.9 Å². The van der Waals surface area contributed by atoms with Gasteiger partial charge in [0.05, 0.1) is 6.04 Å². The Labute approximate surface area is 160 Å². The molecule has 2 aliphatic rings. The fourth-order valence-electron chi connectivity index (χ4n) is 4.27. The topological polar surface area (TPSA) is 61.4 Å². The molecular weight excluding hydrogens is 336 g/mol. The third kappa shape index (κ3) is 3.57. The molecule has 1 aliphatic heterocycles. The molecule has 2 aromatic rings. The number of fused-ring (bicyclic) bond motifs is 3. The Balaban J connectivity index is 1.61. The monoisotopic (exact) mass is 362 g/mol. The van der Waals surface area contributed by atoms with Crippen LogP contribution in [0.5, 0.6) is 5.75 Å². The number of amides is 1. The Kier molecular flexibility index (Phi) is 4.65. The number of carbonyl (C=O) groups excluding carboxylic acids is 1. The predicted octanol–water partition coefficient (Wildman–Crippen LogP) is 5.20. The average Bonchev–Trinajstić information content (AvgIpc) is 3.11. The number of hydrogen-bond acceptors (Lipinski definition) is 3. The van der Waals surface area contributed by atoms with Crippen molar-refractivity contribution >= 4 is 17.3 Å². The fraction of sp³-hybridized carbons (Fsp3) is 0.348. The van der Waals surface area contributed by atoms with Crippen LogP contribution in [0.25, 0.3) is 0 Å². The molecule has 1 amide bonds. The molecule has 0 fully saturated rings. The van der Waals surface area contributed by atoms with Gasteiger partial charge in [-0.3, -0.25) is 4.79 Å². The van der Waals surface area contributed by atoms with Crippen LogP contribution in [0.3, 0.4) is 0 Å². The van der Waals surface area contributed by atoms with Gasteiger partial charge in [0.15, 0.2) is 0 Å². The van der Waals surface area contributed by atoms with Crippen LogP contribution in [0.2, 0.25) is 0 Å². The summed E-state index contributed by atoms with van der Waals surface area (Å²) in [7, 11) is 0. The molecule has 4 nitrogen and oxygen atoms in total. The smallest absolute Gasteiger partial charge is 0.224 e. The SMILES string of the molecule is CC(C)CC(=O)Nc1ccc2c(c1)C1C=CCC1C(c1ccc(O)cc1)N2. The molecule has 0 aromatic heterocycles. The Bertz CT molecular complexity index is 870. The summed E-state index contributed by atoms with van der Waals surface area (Å²) in [6, 6.07) is 13.8. The highest BCUT2D eigenvalue weighted by Gasteiger charge is 2.37. The molecule has 140 valence electrons. The van der Waals surface area contributed by atoms with E-state index in [1.165, 1.54) is 11.1 Å². The van der Waals surface area contributed by atoms with Crippen LogP contribution >= 0.6 is 0 Å². The Hall–Kier alpha value is -2.75. The summed E-state index contributed by atoms with van der Waals surface area (Å²) >= 11 is 0. The molecule has 0 saturated heterocycles. The standard InChI is InChI=1S/C23H26N2O2/c1-14(2)12-22(27)24-16-8-11-21-20(13-16)18-4-3-5-19(18)23(25-21)15-6-9-17(26)10-7-15/h3-4,6-11,13-14,18-19,23,25-26H,5,12H2,1-2H3,(H,24,27). The largest absolute Gasteiger partial charge is 0.508 e. The Morgan fingerprint density at radius 1 is 1.22 bits per heavy atom. The molecule has 3 atom stereocenters. The summed E-state index contributed by atoms with van der Waals surface area (Å²) in [5, 5.41) is 16.3.